The lowest BCUT2D eigenvalue weighted by molar-refractivity contribution is 0.0687. The van der Waals surface area contributed by atoms with Crippen LogP contribution in [-0.4, -0.2) is 45.2 Å². The van der Waals surface area contributed by atoms with E-state index >= 15 is 0 Å². The Bertz CT molecular complexity index is 576. The first-order valence-electron chi connectivity index (χ1n) is 5.59. The van der Waals surface area contributed by atoms with Gasteiger partial charge in [-0.1, -0.05) is 24.3 Å². The maximum atomic E-state index is 10.3. The first kappa shape index (κ1) is 18.7. The molecule has 0 spiro atoms. The lowest BCUT2D eigenvalue weighted by Gasteiger charge is -1.96. The molecule has 0 aliphatic heterocycles. The predicted molar refractivity (Wildman–Crippen MR) is 81.4 cm³/mol. The average molecular weight is 299 g/mol. The van der Waals surface area contributed by atoms with Crippen LogP contribution in [0.15, 0.2) is 48.5 Å². The minimum Gasteiger partial charge on any atom is -0.478 e. The molecule has 0 bridgehead atoms. The monoisotopic (exact) mass is 298 g/mol. The van der Waals surface area contributed by atoms with Gasteiger partial charge in [-0.3, -0.25) is 0 Å². The Balaban J connectivity index is 0.000000364. The molecule has 0 fully saturated rings. The first-order chi connectivity index (χ1) is 9.43. The van der Waals surface area contributed by atoms with Crippen LogP contribution in [0.1, 0.15) is 20.7 Å². The fraction of sp³-hybridized carbons (Fsp3) is 0. The number of nitrogen functional groups attached to an aromatic ring is 2. The van der Waals surface area contributed by atoms with Crippen molar-refractivity contribution < 1.29 is 19.8 Å². The van der Waals surface area contributed by atoms with Gasteiger partial charge in [-0.2, -0.15) is 0 Å². The second kappa shape index (κ2) is 8.83. The van der Waals surface area contributed by atoms with E-state index in [0.717, 1.165) is 0 Å². The standard InChI is InChI=1S/2C7H7NO2.Mg/c2*8-6-4-2-1-3-5(6)7(9)10;/h2*1-4H,8H2,(H,9,10);. The molecular formula is C14H14MgN2O4. The number of benzene rings is 2. The van der Waals surface area contributed by atoms with E-state index in [0.29, 0.717) is 11.4 Å². The van der Waals surface area contributed by atoms with Crippen molar-refractivity contribution in [2.45, 2.75) is 0 Å². The van der Waals surface area contributed by atoms with Gasteiger partial charge in [-0.25, -0.2) is 9.59 Å². The van der Waals surface area contributed by atoms with Gasteiger partial charge in [0.15, 0.2) is 0 Å². The molecule has 0 atom stereocenters. The van der Waals surface area contributed by atoms with Crippen LogP contribution in [0.3, 0.4) is 0 Å². The number of hydrogen-bond donors (Lipinski definition) is 4. The lowest BCUT2D eigenvalue weighted by atomic mass is 10.2. The molecule has 7 heteroatoms. The summed E-state index contributed by atoms with van der Waals surface area (Å²) >= 11 is 0. The third-order valence-corrected chi connectivity index (χ3v) is 2.38. The number of rotatable bonds is 2. The van der Waals surface area contributed by atoms with Crippen LogP contribution in [-0.2, 0) is 0 Å². The number of carbonyl (C=O) groups is 2. The van der Waals surface area contributed by atoms with Crippen molar-refractivity contribution in [3.63, 3.8) is 0 Å². The van der Waals surface area contributed by atoms with Crippen molar-refractivity contribution in [3.05, 3.63) is 59.7 Å². The zero-order valence-corrected chi connectivity index (χ0v) is 12.6. The molecule has 6 N–H and O–H groups in total. The molecule has 0 amide bonds. The maximum absolute atomic E-state index is 10.3. The Hall–Kier alpha value is -2.25. The van der Waals surface area contributed by atoms with Gasteiger partial charge in [0, 0.05) is 34.4 Å². The van der Waals surface area contributed by atoms with Gasteiger partial charge in [-0.05, 0) is 24.3 Å². The molecule has 0 aliphatic carbocycles. The van der Waals surface area contributed by atoms with Crippen molar-refractivity contribution in [3.8, 4) is 0 Å². The van der Waals surface area contributed by atoms with Gasteiger partial charge in [0.05, 0.1) is 11.1 Å². The Morgan fingerprint density at radius 2 is 1.00 bits per heavy atom. The third kappa shape index (κ3) is 5.72. The van der Waals surface area contributed by atoms with Gasteiger partial charge in [-0.15, -0.1) is 0 Å². The van der Waals surface area contributed by atoms with Crippen molar-refractivity contribution in [2.75, 3.05) is 11.5 Å². The SMILES string of the molecule is Nc1ccccc1C(=O)O.Nc1ccccc1C(=O)O.[Mg]. The number of carboxylic acids is 2. The smallest absolute Gasteiger partial charge is 0.337 e. The van der Waals surface area contributed by atoms with Crippen LogP contribution < -0.4 is 11.5 Å². The Labute approximate surface area is 137 Å². The molecule has 0 saturated heterocycles. The highest BCUT2D eigenvalue weighted by Crippen LogP contribution is 2.09. The van der Waals surface area contributed by atoms with Crippen molar-refractivity contribution in [2.24, 2.45) is 0 Å². The van der Waals surface area contributed by atoms with Crippen molar-refractivity contribution >= 4 is 46.4 Å². The van der Waals surface area contributed by atoms with E-state index in [1.54, 1.807) is 36.4 Å². The summed E-state index contributed by atoms with van der Waals surface area (Å²) in [6.45, 7) is 0. The van der Waals surface area contributed by atoms with Crippen molar-refractivity contribution in [1.82, 2.24) is 0 Å². The van der Waals surface area contributed by atoms with Crippen LogP contribution in [0.4, 0.5) is 11.4 Å². The average Bonchev–Trinajstić information content (AvgIpc) is 2.40. The van der Waals surface area contributed by atoms with Gasteiger partial charge in [0.25, 0.3) is 0 Å². The number of aromatic carboxylic acids is 2. The van der Waals surface area contributed by atoms with Crippen LogP contribution in [0, 0.1) is 0 Å². The molecule has 2 radical (unpaired) electrons. The molecule has 106 valence electrons. The van der Waals surface area contributed by atoms with E-state index in [1.165, 1.54) is 12.1 Å². The number of carboxylic acid groups (broad SMARTS) is 2. The largest absolute Gasteiger partial charge is 0.478 e. The van der Waals surface area contributed by atoms with E-state index in [9.17, 15) is 9.59 Å². The number of hydrogen-bond acceptors (Lipinski definition) is 4. The second-order valence-electron chi connectivity index (χ2n) is 3.78. The summed E-state index contributed by atoms with van der Waals surface area (Å²) in [5, 5.41) is 17.0. The molecule has 21 heavy (non-hydrogen) atoms. The van der Waals surface area contributed by atoms with Crippen LogP contribution in [0.25, 0.3) is 0 Å². The zero-order chi connectivity index (χ0) is 15.1. The minimum absolute atomic E-state index is 0. The second-order valence-corrected chi connectivity index (χ2v) is 3.78. The van der Waals surface area contributed by atoms with Crippen LogP contribution in [0.5, 0.6) is 0 Å². The highest BCUT2D eigenvalue weighted by atomic mass is 24.3. The van der Waals surface area contributed by atoms with E-state index in [2.05, 4.69) is 0 Å². The Morgan fingerprint density at radius 1 is 0.714 bits per heavy atom. The summed E-state index contributed by atoms with van der Waals surface area (Å²) < 4.78 is 0. The summed E-state index contributed by atoms with van der Waals surface area (Å²) in [7, 11) is 0. The number of para-hydroxylation sites is 2. The van der Waals surface area contributed by atoms with Gasteiger partial charge in [0.2, 0.25) is 0 Å². The fourth-order valence-electron chi connectivity index (χ4n) is 1.38. The Morgan fingerprint density at radius 3 is 1.19 bits per heavy atom. The number of nitrogens with two attached hydrogens (primary N) is 2. The lowest BCUT2D eigenvalue weighted by Crippen LogP contribution is -2.00. The summed E-state index contributed by atoms with van der Waals surface area (Å²) in [5.41, 5.74) is 11.6. The number of anilines is 2. The van der Waals surface area contributed by atoms with Gasteiger partial charge < -0.3 is 21.7 Å². The third-order valence-electron chi connectivity index (χ3n) is 2.38. The van der Waals surface area contributed by atoms with Gasteiger partial charge >= 0.3 is 11.9 Å². The van der Waals surface area contributed by atoms with Crippen LogP contribution >= 0.6 is 0 Å². The first-order valence-corrected chi connectivity index (χ1v) is 5.59. The minimum atomic E-state index is -0.988. The predicted octanol–water partition coefficient (Wildman–Crippen LogP) is 1.55. The molecule has 0 heterocycles. The summed E-state index contributed by atoms with van der Waals surface area (Å²) in [4.78, 5) is 20.7. The highest BCUT2D eigenvalue weighted by Gasteiger charge is 2.04. The van der Waals surface area contributed by atoms with E-state index < -0.39 is 11.9 Å². The molecular weight excluding hydrogens is 284 g/mol. The molecule has 2 aromatic carbocycles. The van der Waals surface area contributed by atoms with Gasteiger partial charge in [0.1, 0.15) is 0 Å². The fourth-order valence-corrected chi connectivity index (χ4v) is 1.38. The molecule has 2 rings (SSSR count). The molecule has 0 aromatic heterocycles. The topological polar surface area (TPSA) is 127 Å². The normalized spacial score (nSPS) is 8.76. The maximum Gasteiger partial charge on any atom is 0.337 e. The molecule has 2 aromatic rings. The van der Waals surface area contributed by atoms with Crippen LogP contribution in [0.2, 0.25) is 0 Å². The molecule has 0 saturated carbocycles. The van der Waals surface area contributed by atoms with Crippen molar-refractivity contribution in [1.29, 1.82) is 0 Å². The van der Waals surface area contributed by atoms with E-state index in [-0.39, 0.29) is 34.2 Å². The molecule has 0 unspecified atom stereocenters. The summed E-state index contributed by atoms with van der Waals surface area (Å²) in [6.07, 6.45) is 0. The molecule has 6 nitrogen and oxygen atoms in total. The Kier molecular flexibility index (Phi) is 7.88. The van der Waals surface area contributed by atoms with E-state index in [4.69, 9.17) is 21.7 Å². The highest BCUT2D eigenvalue weighted by molar-refractivity contribution is 5.93. The summed E-state index contributed by atoms with van der Waals surface area (Å²) in [5.74, 6) is -1.98. The zero-order valence-electron chi connectivity index (χ0n) is 11.2. The quantitative estimate of drug-likeness (QED) is 0.492. The molecule has 0 aliphatic rings. The summed E-state index contributed by atoms with van der Waals surface area (Å²) in [6, 6.07) is 12.7. The van der Waals surface area contributed by atoms with E-state index in [1.807, 2.05) is 0 Å².